The van der Waals surface area contributed by atoms with Gasteiger partial charge in [-0.05, 0) is 33.7 Å². The van der Waals surface area contributed by atoms with Crippen molar-refractivity contribution in [1.29, 1.82) is 0 Å². The molecule has 0 saturated carbocycles. The summed E-state index contributed by atoms with van der Waals surface area (Å²) in [5, 5.41) is 0. The lowest BCUT2D eigenvalue weighted by Gasteiger charge is -2.31. The zero-order chi connectivity index (χ0) is 12.4. The minimum absolute atomic E-state index is 0.753. The van der Waals surface area contributed by atoms with Crippen LogP contribution >= 0.6 is 0 Å². The molecular formula is C15H33N. The van der Waals surface area contributed by atoms with Crippen LogP contribution in [0.25, 0.3) is 0 Å². The highest BCUT2D eigenvalue weighted by Gasteiger charge is 2.14. The zero-order valence-electron chi connectivity index (χ0n) is 12.3. The molecule has 0 aromatic rings. The molecule has 1 nitrogen and oxygen atoms in total. The molecule has 0 fully saturated rings. The van der Waals surface area contributed by atoms with E-state index in [9.17, 15) is 0 Å². The van der Waals surface area contributed by atoms with E-state index < -0.39 is 0 Å². The van der Waals surface area contributed by atoms with Gasteiger partial charge in [-0.25, -0.2) is 0 Å². The second-order valence-electron chi connectivity index (χ2n) is 5.36. The fourth-order valence-electron chi connectivity index (χ4n) is 2.22. The Balaban J connectivity index is 3.68. The first kappa shape index (κ1) is 16.0. The van der Waals surface area contributed by atoms with Gasteiger partial charge in [0, 0.05) is 12.1 Å². The highest BCUT2D eigenvalue weighted by Crippen LogP contribution is 2.14. The maximum absolute atomic E-state index is 2.57. The van der Waals surface area contributed by atoms with Crippen LogP contribution < -0.4 is 0 Å². The van der Waals surface area contributed by atoms with Gasteiger partial charge in [0.2, 0.25) is 0 Å². The molecule has 2 atom stereocenters. The van der Waals surface area contributed by atoms with Gasteiger partial charge in [-0.15, -0.1) is 0 Å². The van der Waals surface area contributed by atoms with E-state index in [1.54, 1.807) is 0 Å². The third kappa shape index (κ3) is 7.27. The van der Waals surface area contributed by atoms with E-state index in [1.807, 2.05) is 0 Å². The topological polar surface area (TPSA) is 3.24 Å². The van der Waals surface area contributed by atoms with Crippen LogP contribution in [0, 0.1) is 0 Å². The number of hydrogen-bond acceptors (Lipinski definition) is 1. The average Bonchev–Trinajstić information content (AvgIpc) is 2.28. The molecule has 0 spiro atoms. The molecular weight excluding hydrogens is 194 g/mol. The van der Waals surface area contributed by atoms with Crippen molar-refractivity contribution >= 4 is 0 Å². The molecule has 0 bridgehead atoms. The fraction of sp³-hybridized carbons (Fsp3) is 1.00. The minimum atomic E-state index is 0.753. The molecule has 0 amide bonds. The summed E-state index contributed by atoms with van der Waals surface area (Å²) in [5.41, 5.74) is 0. The van der Waals surface area contributed by atoms with Gasteiger partial charge in [-0.3, -0.25) is 0 Å². The van der Waals surface area contributed by atoms with Gasteiger partial charge >= 0.3 is 0 Å². The monoisotopic (exact) mass is 227 g/mol. The molecule has 0 aromatic carbocycles. The van der Waals surface area contributed by atoms with Crippen LogP contribution in [0.3, 0.4) is 0 Å². The fourth-order valence-corrected chi connectivity index (χ4v) is 2.22. The quantitative estimate of drug-likeness (QED) is 0.482. The van der Waals surface area contributed by atoms with Crippen molar-refractivity contribution in [1.82, 2.24) is 4.90 Å². The molecule has 0 radical (unpaired) electrons. The Bertz CT molecular complexity index is 128. The molecule has 0 aliphatic heterocycles. The summed E-state index contributed by atoms with van der Waals surface area (Å²) >= 11 is 0. The maximum Gasteiger partial charge on any atom is 0.00666 e. The van der Waals surface area contributed by atoms with Crippen LogP contribution in [-0.2, 0) is 0 Å². The molecule has 0 saturated heterocycles. The normalized spacial score (nSPS) is 15.4. The Labute approximate surface area is 104 Å². The summed E-state index contributed by atoms with van der Waals surface area (Å²) in [6.07, 6.45) is 11.0. The molecule has 98 valence electrons. The van der Waals surface area contributed by atoms with E-state index in [1.165, 1.54) is 51.4 Å². The van der Waals surface area contributed by atoms with Gasteiger partial charge in [-0.1, -0.05) is 52.4 Å². The molecule has 0 N–H and O–H groups in total. The van der Waals surface area contributed by atoms with E-state index in [2.05, 4.69) is 39.6 Å². The lowest BCUT2D eigenvalue weighted by molar-refractivity contribution is 0.174. The van der Waals surface area contributed by atoms with Crippen LogP contribution in [0.2, 0.25) is 0 Å². The molecule has 0 aliphatic rings. The first-order valence-corrected chi connectivity index (χ1v) is 7.35. The summed E-state index contributed by atoms with van der Waals surface area (Å²) in [5.74, 6) is 0. The van der Waals surface area contributed by atoms with Crippen LogP contribution in [-0.4, -0.2) is 24.0 Å². The van der Waals surface area contributed by atoms with Crippen molar-refractivity contribution in [2.24, 2.45) is 0 Å². The first-order chi connectivity index (χ1) is 7.63. The maximum atomic E-state index is 2.57. The molecule has 1 heteroatoms. The van der Waals surface area contributed by atoms with E-state index in [-0.39, 0.29) is 0 Å². The van der Waals surface area contributed by atoms with Gasteiger partial charge in [0.05, 0.1) is 0 Å². The Morgan fingerprint density at radius 2 is 1.12 bits per heavy atom. The number of rotatable bonds is 10. The summed E-state index contributed by atoms with van der Waals surface area (Å²) < 4.78 is 0. The van der Waals surface area contributed by atoms with E-state index in [4.69, 9.17) is 0 Å². The van der Waals surface area contributed by atoms with Gasteiger partial charge in [-0.2, -0.15) is 0 Å². The van der Waals surface area contributed by atoms with Crippen LogP contribution in [0.1, 0.15) is 79.1 Å². The SMILES string of the molecule is CCCCCC(C)N(C)C(C)CCCCC. The average molecular weight is 227 g/mol. The minimum Gasteiger partial charge on any atom is -0.301 e. The largest absolute Gasteiger partial charge is 0.301 e. The van der Waals surface area contributed by atoms with Crippen molar-refractivity contribution < 1.29 is 0 Å². The van der Waals surface area contributed by atoms with Gasteiger partial charge in [0.25, 0.3) is 0 Å². The number of nitrogens with zero attached hydrogens (tertiary/aromatic N) is 1. The van der Waals surface area contributed by atoms with Crippen molar-refractivity contribution in [2.45, 2.75) is 91.1 Å². The predicted octanol–water partition coefficient (Wildman–Crippen LogP) is 4.86. The van der Waals surface area contributed by atoms with Crippen molar-refractivity contribution in [3.8, 4) is 0 Å². The molecule has 16 heavy (non-hydrogen) atoms. The second kappa shape index (κ2) is 10.1. The Kier molecular flexibility index (Phi) is 10.1. The van der Waals surface area contributed by atoms with Crippen molar-refractivity contribution in [3.63, 3.8) is 0 Å². The van der Waals surface area contributed by atoms with Gasteiger partial charge < -0.3 is 4.90 Å². The lowest BCUT2D eigenvalue weighted by Crippen LogP contribution is -2.36. The highest BCUT2D eigenvalue weighted by molar-refractivity contribution is 4.70. The molecule has 0 aromatic heterocycles. The zero-order valence-corrected chi connectivity index (χ0v) is 12.3. The van der Waals surface area contributed by atoms with Crippen LogP contribution in [0.5, 0.6) is 0 Å². The van der Waals surface area contributed by atoms with Crippen molar-refractivity contribution in [3.05, 3.63) is 0 Å². The Hall–Kier alpha value is -0.0400. The van der Waals surface area contributed by atoms with Crippen molar-refractivity contribution in [2.75, 3.05) is 7.05 Å². The Morgan fingerprint density at radius 1 is 0.750 bits per heavy atom. The second-order valence-corrected chi connectivity index (χ2v) is 5.36. The standard InChI is InChI=1S/C15H33N/c1-6-8-10-12-14(3)16(5)15(4)13-11-9-7-2/h14-15H,6-13H2,1-5H3. The Morgan fingerprint density at radius 3 is 1.44 bits per heavy atom. The summed E-state index contributed by atoms with van der Waals surface area (Å²) in [7, 11) is 2.30. The predicted molar refractivity (Wildman–Crippen MR) is 75.0 cm³/mol. The molecule has 0 rings (SSSR count). The van der Waals surface area contributed by atoms with Crippen LogP contribution in [0.15, 0.2) is 0 Å². The molecule has 0 aliphatic carbocycles. The summed E-state index contributed by atoms with van der Waals surface area (Å²) in [6, 6.07) is 1.51. The molecule has 0 heterocycles. The van der Waals surface area contributed by atoms with E-state index in [0.717, 1.165) is 12.1 Å². The number of hydrogen-bond donors (Lipinski definition) is 0. The van der Waals surface area contributed by atoms with Crippen LogP contribution in [0.4, 0.5) is 0 Å². The third-order valence-corrected chi connectivity index (χ3v) is 3.84. The lowest BCUT2D eigenvalue weighted by atomic mass is 10.0. The summed E-state index contributed by atoms with van der Waals surface area (Å²) in [4.78, 5) is 2.57. The third-order valence-electron chi connectivity index (χ3n) is 3.84. The van der Waals surface area contributed by atoms with E-state index >= 15 is 0 Å². The van der Waals surface area contributed by atoms with Gasteiger partial charge in [0.1, 0.15) is 0 Å². The molecule has 2 unspecified atom stereocenters. The summed E-state index contributed by atoms with van der Waals surface area (Å²) in [6.45, 7) is 9.32. The van der Waals surface area contributed by atoms with Gasteiger partial charge in [0.15, 0.2) is 0 Å². The first-order valence-electron chi connectivity index (χ1n) is 7.35. The number of unbranched alkanes of at least 4 members (excludes halogenated alkanes) is 4. The van der Waals surface area contributed by atoms with E-state index in [0.29, 0.717) is 0 Å². The highest BCUT2D eigenvalue weighted by atomic mass is 15.1. The smallest absolute Gasteiger partial charge is 0.00666 e.